The third-order valence-electron chi connectivity index (χ3n) is 4.42. The first-order valence-electron chi connectivity index (χ1n) is 9.99. The van der Waals surface area contributed by atoms with Crippen LogP contribution in [0.15, 0.2) is 93.3 Å². The second-order valence-corrected chi connectivity index (χ2v) is 6.96. The Hall–Kier alpha value is -4.12. The number of carbonyl (C=O) groups is 1. The number of benzene rings is 3. The van der Waals surface area contributed by atoms with Crippen LogP contribution in [-0.2, 0) is 4.79 Å². The molecule has 0 saturated carbocycles. The van der Waals surface area contributed by atoms with E-state index in [9.17, 15) is 18.0 Å². The van der Waals surface area contributed by atoms with Crippen LogP contribution < -0.4 is 9.64 Å². The summed E-state index contributed by atoms with van der Waals surface area (Å²) in [6, 6.07) is 19.3. The van der Waals surface area contributed by atoms with Gasteiger partial charge in [0.1, 0.15) is 5.75 Å². The monoisotopic (exact) mass is 471 g/mol. The minimum absolute atomic E-state index is 0.0717. The van der Waals surface area contributed by atoms with Gasteiger partial charge in [-0.2, -0.15) is 33.6 Å². The summed E-state index contributed by atoms with van der Waals surface area (Å²) >= 11 is 0. The van der Waals surface area contributed by atoms with Gasteiger partial charge in [0.25, 0.3) is 0 Å². The summed E-state index contributed by atoms with van der Waals surface area (Å²) in [5.41, 5.74) is 3.14. The zero-order valence-electron chi connectivity index (χ0n) is 18.0. The van der Waals surface area contributed by atoms with Crippen LogP contribution >= 0.6 is 0 Å². The molecule has 0 radical (unpaired) electrons. The lowest BCUT2D eigenvalue weighted by Gasteiger charge is -2.17. The third kappa shape index (κ3) is 7.20. The molecule has 34 heavy (non-hydrogen) atoms. The molecule has 176 valence electrons. The maximum atomic E-state index is 12.2. The van der Waals surface area contributed by atoms with Crippen molar-refractivity contribution >= 4 is 34.4 Å². The van der Waals surface area contributed by atoms with Crippen LogP contribution in [0.25, 0.3) is 0 Å². The van der Waals surface area contributed by atoms with Crippen molar-refractivity contribution in [3.63, 3.8) is 0 Å². The van der Waals surface area contributed by atoms with E-state index in [-0.39, 0.29) is 12.4 Å². The van der Waals surface area contributed by atoms with Gasteiger partial charge in [0.2, 0.25) is 0 Å². The van der Waals surface area contributed by atoms with Gasteiger partial charge in [-0.1, -0.05) is 0 Å². The lowest BCUT2D eigenvalue weighted by atomic mass is 10.2. The predicted molar refractivity (Wildman–Crippen MR) is 120 cm³/mol. The number of nitrogens with zero attached hydrogens (tertiary/aromatic N) is 5. The smallest absolute Gasteiger partial charge is 0.420 e. The summed E-state index contributed by atoms with van der Waals surface area (Å²) in [4.78, 5) is 12.8. The van der Waals surface area contributed by atoms with E-state index in [4.69, 9.17) is 5.11 Å². The normalized spacial score (nSPS) is 11.8. The van der Waals surface area contributed by atoms with Gasteiger partial charge in [0, 0.05) is 19.3 Å². The number of hydrogen-bond acceptors (Lipinski definition) is 8. The summed E-state index contributed by atoms with van der Waals surface area (Å²) in [6.45, 7) is 0.607. The number of hydrogen-bond donors (Lipinski definition) is 1. The van der Waals surface area contributed by atoms with Crippen LogP contribution in [0.2, 0.25) is 0 Å². The van der Waals surface area contributed by atoms with Gasteiger partial charge in [-0.15, -0.1) is 0 Å². The van der Waals surface area contributed by atoms with E-state index < -0.39 is 12.1 Å². The molecule has 8 nitrogen and oxygen atoms in total. The van der Waals surface area contributed by atoms with E-state index in [0.29, 0.717) is 29.3 Å². The molecule has 0 aliphatic rings. The maximum absolute atomic E-state index is 12.2. The first kappa shape index (κ1) is 24.5. The van der Waals surface area contributed by atoms with Crippen LogP contribution in [0.5, 0.6) is 5.75 Å². The summed E-state index contributed by atoms with van der Waals surface area (Å²) in [5.74, 6) is -2.54. The number of azo groups is 2. The number of aliphatic hydroxyl groups excluding tert-OH is 1. The van der Waals surface area contributed by atoms with Gasteiger partial charge < -0.3 is 14.7 Å². The third-order valence-corrected chi connectivity index (χ3v) is 4.42. The van der Waals surface area contributed by atoms with E-state index in [1.165, 1.54) is 24.3 Å². The van der Waals surface area contributed by atoms with Gasteiger partial charge in [0.05, 0.1) is 29.4 Å². The van der Waals surface area contributed by atoms with Gasteiger partial charge in [-0.05, 0) is 72.8 Å². The molecule has 0 saturated heterocycles. The predicted octanol–water partition coefficient (Wildman–Crippen LogP) is 6.41. The summed E-state index contributed by atoms with van der Waals surface area (Å²) in [5, 5.41) is 25.4. The van der Waals surface area contributed by atoms with Crippen molar-refractivity contribution in [3.8, 4) is 5.75 Å². The van der Waals surface area contributed by atoms with Gasteiger partial charge in [-0.3, -0.25) is 0 Å². The lowest BCUT2D eigenvalue weighted by Crippen LogP contribution is -2.27. The van der Waals surface area contributed by atoms with E-state index in [2.05, 4.69) is 25.2 Å². The molecule has 0 unspecified atom stereocenters. The Kier molecular flexibility index (Phi) is 8.04. The number of carbonyl (C=O) groups excluding carboxylic acids is 1. The van der Waals surface area contributed by atoms with Crippen molar-refractivity contribution < 1.29 is 27.8 Å². The Bertz CT molecular complexity index is 1150. The number of anilines is 1. The fourth-order valence-corrected chi connectivity index (χ4v) is 2.62. The zero-order chi connectivity index (χ0) is 24.6. The molecule has 1 N–H and O–H groups in total. The number of esters is 1. The average Bonchev–Trinajstić information content (AvgIpc) is 2.83. The maximum Gasteiger partial charge on any atom is 0.491 e. The molecule has 11 heteroatoms. The highest BCUT2D eigenvalue weighted by atomic mass is 19.4. The first-order chi connectivity index (χ1) is 16.2. The first-order valence-corrected chi connectivity index (χ1v) is 9.99. The van der Waals surface area contributed by atoms with E-state index in [0.717, 1.165) is 5.69 Å². The highest BCUT2D eigenvalue weighted by Gasteiger charge is 2.41. The summed E-state index contributed by atoms with van der Waals surface area (Å²) in [7, 11) is 1.88. The van der Waals surface area contributed by atoms with Crippen molar-refractivity contribution in [2.24, 2.45) is 20.5 Å². The number of likely N-dealkylation sites (N-methyl/N-ethyl adjacent to an activating group) is 1. The lowest BCUT2D eigenvalue weighted by molar-refractivity contribution is -0.189. The fraction of sp³-hybridized carbons (Fsp3) is 0.174. The molecule has 0 aliphatic heterocycles. The fourth-order valence-electron chi connectivity index (χ4n) is 2.62. The Morgan fingerprint density at radius 3 is 1.56 bits per heavy atom. The molecule has 0 aromatic heterocycles. The molecule has 0 aliphatic carbocycles. The summed E-state index contributed by atoms with van der Waals surface area (Å²) < 4.78 is 40.9. The molecular weight excluding hydrogens is 451 g/mol. The number of halogens is 3. The quantitative estimate of drug-likeness (QED) is 0.233. The van der Waals surface area contributed by atoms with Gasteiger partial charge in [-0.25, -0.2) is 4.79 Å². The molecular formula is C23H20F3N5O3. The Morgan fingerprint density at radius 1 is 0.794 bits per heavy atom. The standard InChI is InChI=1S/C23H20F3N5O3/c1-31(14-15-32)20-10-6-18(7-11-20)29-27-16-2-4-17(5-3-16)28-30-19-8-12-21(13-9-19)34-22(33)23(24,25)26/h2-13,32H,14-15H2,1H3. The van der Waals surface area contributed by atoms with Crippen LogP contribution in [0.3, 0.4) is 0 Å². The van der Waals surface area contributed by atoms with Crippen LogP contribution in [-0.4, -0.2) is 37.5 Å². The van der Waals surface area contributed by atoms with Crippen LogP contribution in [0, 0.1) is 0 Å². The van der Waals surface area contributed by atoms with Gasteiger partial charge in [0.15, 0.2) is 0 Å². The van der Waals surface area contributed by atoms with Crippen molar-refractivity contribution in [1.82, 2.24) is 0 Å². The second-order valence-electron chi connectivity index (χ2n) is 6.96. The number of aliphatic hydroxyl groups is 1. The van der Waals surface area contributed by atoms with Crippen LogP contribution in [0.4, 0.5) is 41.6 Å². The number of rotatable bonds is 8. The minimum Gasteiger partial charge on any atom is -0.420 e. The molecule has 3 aromatic rings. The Balaban J connectivity index is 1.56. The molecule has 0 spiro atoms. The zero-order valence-corrected chi connectivity index (χ0v) is 18.0. The van der Waals surface area contributed by atoms with E-state index >= 15 is 0 Å². The average molecular weight is 471 g/mol. The van der Waals surface area contributed by atoms with Crippen molar-refractivity contribution in [2.45, 2.75) is 6.18 Å². The second kappa shape index (κ2) is 11.1. The SMILES string of the molecule is CN(CCO)c1ccc(N=Nc2ccc(N=Nc3ccc(OC(=O)C(F)(F)F)cc3)cc2)cc1. The summed E-state index contributed by atoms with van der Waals surface area (Å²) in [6.07, 6.45) is -5.06. The molecule has 3 rings (SSSR count). The molecule has 0 fully saturated rings. The Morgan fingerprint density at radius 2 is 1.18 bits per heavy atom. The topological polar surface area (TPSA) is 99.2 Å². The number of alkyl halides is 3. The largest absolute Gasteiger partial charge is 0.491 e. The van der Waals surface area contributed by atoms with Crippen molar-refractivity contribution in [1.29, 1.82) is 0 Å². The Labute approximate surface area is 193 Å². The molecule has 0 amide bonds. The molecule has 0 atom stereocenters. The van der Waals surface area contributed by atoms with Gasteiger partial charge >= 0.3 is 12.1 Å². The van der Waals surface area contributed by atoms with E-state index in [1.807, 2.05) is 36.2 Å². The van der Waals surface area contributed by atoms with Crippen molar-refractivity contribution in [2.75, 3.05) is 25.1 Å². The number of ether oxygens (including phenoxy) is 1. The van der Waals surface area contributed by atoms with E-state index in [1.54, 1.807) is 24.3 Å². The van der Waals surface area contributed by atoms with Crippen LogP contribution in [0.1, 0.15) is 0 Å². The highest BCUT2D eigenvalue weighted by molar-refractivity contribution is 5.78. The minimum atomic E-state index is -5.06. The molecule has 3 aromatic carbocycles. The highest BCUT2D eigenvalue weighted by Crippen LogP contribution is 2.26. The van der Waals surface area contributed by atoms with Crippen molar-refractivity contribution in [3.05, 3.63) is 72.8 Å². The molecule has 0 bridgehead atoms. The molecule has 0 heterocycles.